The second-order valence-electron chi connectivity index (χ2n) is 4.00. The number of hydrogen-bond acceptors (Lipinski definition) is 1. The van der Waals surface area contributed by atoms with Crippen molar-refractivity contribution >= 4 is 12.4 Å². The van der Waals surface area contributed by atoms with E-state index in [1.165, 1.54) is 12.1 Å². The van der Waals surface area contributed by atoms with Crippen LogP contribution < -0.4 is 5.73 Å². The largest absolute Gasteiger partial charge is 0.416 e. The summed E-state index contributed by atoms with van der Waals surface area (Å²) in [4.78, 5) is 0. The number of hydrogen-bond donors (Lipinski definition) is 1. The highest BCUT2D eigenvalue weighted by atomic mass is 35.5. The van der Waals surface area contributed by atoms with Crippen molar-refractivity contribution in [3.63, 3.8) is 0 Å². The van der Waals surface area contributed by atoms with Gasteiger partial charge in [0.15, 0.2) is 0 Å². The molecule has 0 spiro atoms. The van der Waals surface area contributed by atoms with Crippen LogP contribution in [-0.2, 0) is 6.18 Å². The Hall–Kier alpha value is -0.740. The molecule has 0 aliphatic carbocycles. The molecule has 1 aromatic rings. The molecule has 0 aliphatic rings. The highest BCUT2D eigenvalue weighted by molar-refractivity contribution is 5.85. The van der Waals surface area contributed by atoms with Crippen molar-refractivity contribution < 1.29 is 13.2 Å². The zero-order valence-electron chi connectivity index (χ0n) is 9.79. The van der Waals surface area contributed by atoms with Gasteiger partial charge >= 0.3 is 6.18 Å². The molecule has 0 aromatic heterocycles. The maximum absolute atomic E-state index is 12.7. The molecule has 0 amide bonds. The molecule has 1 unspecified atom stereocenters. The Labute approximate surface area is 106 Å². The second kappa shape index (κ2) is 6.26. The molecule has 2 atom stereocenters. The molecular weight excluding hydrogens is 251 g/mol. The molecule has 1 rings (SSSR count). The van der Waals surface area contributed by atoms with Crippen LogP contribution in [0.15, 0.2) is 24.3 Å². The third kappa shape index (κ3) is 3.89. The van der Waals surface area contributed by atoms with Crippen LogP contribution in [0, 0.1) is 5.92 Å². The average Bonchev–Trinajstić information content (AvgIpc) is 2.26. The van der Waals surface area contributed by atoms with Gasteiger partial charge in [-0.05, 0) is 17.5 Å². The molecule has 0 aliphatic heterocycles. The van der Waals surface area contributed by atoms with Gasteiger partial charge in [0.1, 0.15) is 0 Å². The fraction of sp³-hybridized carbons (Fsp3) is 0.500. The van der Waals surface area contributed by atoms with E-state index in [0.29, 0.717) is 0 Å². The molecule has 17 heavy (non-hydrogen) atoms. The summed E-state index contributed by atoms with van der Waals surface area (Å²) in [6.07, 6.45) is -3.57. The normalized spacial score (nSPS) is 14.9. The predicted molar refractivity (Wildman–Crippen MR) is 65.1 cm³/mol. The number of alkyl halides is 3. The Morgan fingerprint density at radius 3 is 2.24 bits per heavy atom. The van der Waals surface area contributed by atoms with E-state index < -0.39 is 17.8 Å². The third-order valence-electron chi connectivity index (χ3n) is 2.88. The van der Waals surface area contributed by atoms with Gasteiger partial charge in [0, 0.05) is 6.04 Å². The van der Waals surface area contributed by atoms with Crippen LogP contribution >= 0.6 is 12.4 Å². The summed E-state index contributed by atoms with van der Waals surface area (Å²) < 4.78 is 38.2. The molecule has 98 valence electrons. The fourth-order valence-corrected chi connectivity index (χ4v) is 1.61. The van der Waals surface area contributed by atoms with Gasteiger partial charge in [0.05, 0.1) is 5.56 Å². The number of benzene rings is 1. The Morgan fingerprint density at radius 1 is 1.24 bits per heavy atom. The van der Waals surface area contributed by atoms with Gasteiger partial charge in [0.2, 0.25) is 0 Å². The topological polar surface area (TPSA) is 26.0 Å². The molecule has 2 N–H and O–H groups in total. The summed E-state index contributed by atoms with van der Waals surface area (Å²) in [5, 5.41) is 0. The lowest BCUT2D eigenvalue weighted by molar-refractivity contribution is -0.138. The van der Waals surface area contributed by atoms with Crippen molar-refractivity contribution in [2.75, 3.05) is 0 Å². The monoisotopic (exact) mass is 267 g/mol. The number of nitrogens with two attached hydrogens (primary N) is 1. The molecule has 0 fully saturated rings. The van der Waals surface area contributed by atoms with Crippen molar-refractivity contribution in [1.82, 2.24) is 0 Å². The maximum Gasteiger partial charge on any atom is 0.416 e. The van der Waals surface area contributed by atoms with E-state index in [0.717, 1.165) is 12.5 Å². The van der Waals surface area contributed by atoms with E-state index in [1.54, 1.807) is 6.07 Å². The van der Waals surface area contributed by atoms with Crippen LogP contribution in [0.3, 0.4) is 0 Å². The standard InChI is InChI=1S/C12H16F3N.ClH/c1-3-8(2)11(16)9-6-4-5-7-10(9)12(13,14)15;/h4-8,11H,3,16H2,1-2H3;1H/t8?,11-;/m0./s1. The van der Waals surface area contributed by atoms with E-state index in [2.05, 4.69) is 0 Å². The first-order valence-electron chi connectivity index (χ1n) is 5.29. The van der Waals surface area contributed by atoms with E-state index in [-0.39, 0.29) is 23.9 Å². The van der Waals surface area contributed by atoms with Crippen LogP contribution in [0.5, 0.6) is 0 Å². The molecule has 5 heteroatoms. The molecular formula is C12H17ClF3N. The van der Waals surface area contributed by atoms with Gasteiger partial charge in [-0.3, -0.25) is 0 Å². The highest BCUT2D eigenvalue weighted by Gasteiger charge is 2.34. The summed E-state index contributed by atoms with van der Waals surface area (Å²) in [6.45, 7) is 3.78. The SMILES string of the molecule is CCC(C)[C@H](N)c1ccccc1C(F)(F)F.Cl. The van der Waals surface area contributed by atoms with E-state index >= 15 is 0 Å². The van der Waals surface area contributed by atoms with E-state index in [1.807, 2.05) is 13.8 Å². The van der Waals surface area contributed by atoms with Crippen molar-refractivity contribution in [2.24, 2.45) is 11.7 Å². The first-order valence-corrected chi connectivity index (χ1v) is 5.29. The van der Waals surface area contributed by atoms with E-state index in [9.17, 15) is 13.2 Å². The minimum Gasteiger partial charge on any atom is -0.324 e. The minimum atomic E-state index is -4.33. The maximum atomic E-state index is 12.7. The van der Waals surface area contributed by atoms with Crippen LogP contribution in [0.4, 0.5) is 13.2 Å². The lowest BCUT2D eigenvalue weighted by Gasteiger charge is -2.22. The third-order valence-corrected chi connectivity index (χ3v) is 2.88. The Bertz CT molecular complexity index is 352. The van der Waals surface area contributed by atoms with E-state index in [4.69, 9.17) is 5.73 Å². The molecule has 0 heterocycles. The highest BCUT2D eigenvalue weighted by Crippen LogP contribution is 2.36. The van der Waals surface area contributed by atoms with Crippen LogP contribution in [-0.4, -0.2) is 0 Å². The summed E-state index contributed by atoms with van der Waals surface area (Å²) in [5.41, 5.74) is 5.41. The average molecular weight is 268 g/mol. The number of rotatable bonds is 3. The van der Waals surface area contributed by atoms with Gasteiger partial charge in [-0.2, -0.15) is 13.2 Å². The van der Waals surface area contributed by atoms with Crippen molar-refractivity contribution in [3.8, 4) is 0 Å². The smallest absolute Gasteiger partial charge is 0.324 e. The van der Waals surface area contributed by atoms with Crippen LogP contribution in [0.1, 0.15) is 37.4 Å². The Morgan fingerprint density at radius 2 is 1.76 bits per heavy atom. The zero-order chi connectivity index (χ0) is 12.3. The van der Waals surface area contributed by atoms with Gasteiger partial charge in [-0.25, -0.2) is 0 Å². The predicted octanol–water partition coefficient (Wildman–Crippen LogP) is 4.17. The molecule has 0 saturated heterocycles. The quantitative estimate of drug-likeness (QED) is 0.874. The Kier molecular flexibility index (Phi) is 5.99. The van der Waals surface area contributed by atoms with Gasteiger partial charge < -0.3 is 5.73 Å². The van der Waals surface area contributed by atoms with Crippen LogP contribution in [0.2, 0.25) is 0 Å². The summed E-state index contributed by atoms with van der Waals surface area (Å²) >= 11 is 0. The lowest BCUT2D eigenvalue weighted by atomic mass is 9.90. The summed E-state index contributed by atoms with van der Waals surface area (Å²) in [6, 6.07) is 4.95. The van der Waals surface area contributed by atoms with Gasteiger partial charge in [-0.15, -0.1) is 12.4 Å². The number of halogens is 4. The Balaban J connectivity index is 0.00000256. The summed E-state index contributed by atoms with van der Waals surface area (Å²) in [5.74, 6) is 0.0310. The van der Waals surface area contributed by atoms with Crippen molar-refractivity contribution in [2.45, 2.75) is 32.5 Å². The molecule has 0 saturated carbocycles. The fourth-order valence-electron chi connectivity index (χ4n) is 1.61. The minimum absolute atomic E-state index is 0. The van der Waals surface area contributed by atoms with Gasteiger partial charge in [0.25, 0.3) is 0 Å². The molecule has 1 nitrogen and oxygen atoms in total. The van der Waals surface area contributed by atoms with Crippen molar-refractivity contribution in [3.05, 3.63) is 35.4 Å². The molecule has 0 radical (unpaired) electrons. The lowest BCUT2D eigenvalue weighted by Crippen LogP contribution is -2.22. The molecule has 0 bridgehead atoms. The zero-order valence-corrected chi connectivity index (χ0v) is 10.6. The van der Waals surface area contributed by atoms with Crippen molar-refractivity contribution in [1.29, 1.82) is 0 Å². The van der Waals surface area contributed by atoms with Crippen LogP contribution in [0.25, 0.3) is 0 Å². The first-order chi connectivity index (χ1) is 7.38. The van der Waals surface area contributed by atoms with Gasteiger partial charge in [-0.1, -0.05) is 38.5 Å². The molecule has 1 aromatic carbocycles. The first kappa shape index (κ1) is 16.3. The second-order valence-corrected chi connectivity index (χ2v) is 4.00. The summed E-state index contributed by atoms with van der Waals surface area (Å²) in [7, 11) is 0.